The molecule has 0 spiro atoms. The summed E-state index contributed by atoms with van der Waals surface area (Å²) in [5, 5.41) is 3.58. The van der Waals surface area contributed by atoms with Crippen molar-refractivity contribution in [2.75, 3.05) is 13.2 Å². The first-order valence-corrected chi connectivity index (χ1v) is 5.25. The standard InChI is InChI=1S/C11H23NO/c1-6-11(5)8-12-9(7-13-11)10(2,3)4/h9,12H,6-8H2,1-5H3. The summed E-state index contributed by atoms with van der Waals surface area (Å²) in [6, 6.07) is 0.493. The number of rotatable bonds is 1. The fraction of sp³-hybridized carbons (Fsp3) is 1.00. The van der Waals surface area contributed by atoms with Crippen molar-refractivity contribution in [3.8, 4) is 0 Å². The number of nitrogens with one attached hydrogen (secondary N) is 1. The maximum atomic E-state index is 5.89. The average Bonchev–Trinajstić information content (AvgIpc) is 2.04. The molecule has 0 aromatic rings. The molecule has 13 heavy (non-hydrogen) atoms. The van der Waals surface area contributed by atoms with E-state index < -0.39 is 0 Å². The molecule has 1 fully saturated rings. The van der Waals surface area contributed by atoms with Crippen LogP contribution in [-0.2, 0) is 4.74 Å². The van der Waals surface area contributed by atoms with Crippen LogP contribution in [0.15, 0.2) is 0 Å². The highest BCUT2D eigenvalue weighted by Gasteiger charge is 2.34. The molecule has 0 aromatic heterocycles. The molecule has 1 rings (SSSR count). The van der Waals surface area contributed by atoms with Crippen LogP contribution in [0.2, 0.25) is 0 Å². The minimum atomic E-state index is 0.0573. The predicted molar refractivity (Wildman–Crippen MR) is 55.9 cm³/mol. The van der Waals surface area contributed by atoms with Gasteiger partial charge in [-0.25, -0.2) is 0 Å². The largest absolute Gasteiger partial charge is 0.372 e. The average molecular weight is 185 g/mol. The van der Waals surface area contributed by atoms with E-state index in [4.69, 9.17) is 4.74 Å². The van der Waals surface area contributed by atoms with Crippen molar-refractivity contribution in [1.82, 2.24) is 5.32 Å². The lowest BCUT2D eigenvalue weighted by atomic mass is 9.85. The van der Waals surface area contributed by atoms with Gasteiger partial charge in [-0.05, 0) is 18.8 Å². The Kier molecular flexibility index (Phi) is 3.03. The van der Waals surface area contributed by atoms with Crippen LogP contribution in [0.5, 0.6) is 0 Å². The van der Waals surface area contributed by atoms with E-state index >= 15 is 0 Å². The van der Waals surface area contributed by atoms with Crippen LogP contribution < -0.4 is 5.32 Å². The van der Waals surface area contributed by atoms with Crippen molar-refractivity contribution in [3.63, 3.8) is 0 Å². The molecule has 1 heterocycles. The molecule has 2 nitrogen and oxygen atoms in total. The molecule has 1 aliphatic rings. The van der Waals surface area contributed by atoms with E-state index in [9.17, 15) is 0 Å². The summed E-state index contributed by atoms with van der Waals surface area (Å²) in [6.45, 7) is 12.9. The predicted octanol–water partition coefficient (Wildman–Crippen LogP) is 2.19. The lowest BCUT2D eigenvalue weighted by Gasteiger charge is -2.42. The molecule has 78 valence electrons. The van der Waals surface area contributed by atoms with E-state index in [-0.39, 0.29) is 5.60 Å². The third-order valence-corrected chi connectivity index (χ3v) is 3.11. The van der Waals surface area contributed by atoms with Gasteiger partial charge < -0.3 is 10.1 Å². The van der Waals surface area contributed by atoms with Gasteiger partial charge in [0, 0.05) is 12.6 Å². The van der Waals surface area contributed by atoms with Gasteiger partial charge in [-0.2, -0.15) is 0 Å². The second-order valence-corrected chi connectivity index (χ2v) is 5.41. The Morgan fingerprint density at radius 1 is 1.46 bits per heavy atom. The first-order chi connectivity index (χ1) is 5.87. The molecule has 2 atom stereocenters. The van der Waals surface area contributed by atoms with E-state index in [0.717, 1.165) is 19.6 Å². The Bertz CT molecular complexity index is 163. The second-order valence-electron chi connectivity index (χ2n) is 5.41. The van der Waals surface area contributed by atoms with Gasteiger partial charge >= 0.3 is 0 Å². The summed E-state index contributed by atoms with van der Waals surface area (Å²) in [6.07, 6.45) is 1.08. The minimum absolute atomic E-state index is 0.0573. The molecule has 1 saturated heterocycles. The molecule has 0 bridgehead atoms. The second kappa shape index (κ2) is 3.58. The highest BCUT2D eigenvalue weighted by molar-refractivity contribution is 4.89. The number of hydrogen-bond acceptors (Lipinski definition) is 2. The van der Waals surface area contributed by atoms with Crippen molar-refractivity contribution >= 4 is 0 Å². The zero-order valence-corrected chi connectivity index (χ0v) is 9.61. The molecular formula is C11H23NO. The molecule has 2 unspecified atom stereocenters. The van der Waals surface area contributed by atoms with Crippen LogP contribution in [0.25, 0.3) is 0 Å². The third kappa shape index (κ3) is 2.68. The zero-order chi connectivity index (χ0) is 10.1. The maximum Gasteiger partial charge on any atom is 0.0776 e. The Balaban J connectivity index is 2.48. The monoisotopic (exact) mass is 185 g/mol. The van der Waals surface area contributed by atoms with Gasteiger partial charge in [0.2, 0.25) is 0 Å². The Labute approximate surface area is 82.0 Å². The summed E-state index contributed by atoms with van der Waals surface area (Å²) in [4.78, 5) is 0. The highest BCUT2D eigenvalue weighted by Crippen LogP contribution is 2.26. The van der Waals surface area contributed by atoms with Crippen LogP contribution in [-0.4, -0.2) is 24.8 Å². The first-order valence-electron chi connectivity index (χ1n) is 5.25. The highest BCUT2D eigenvalue weighted by atomic mass is 16.5. The van der Waals surface area contributed by atoms with E-state index in [0.29, 0.717) is 11.5 Å². The normalized spacial score (nSPS) is 36.2. The first kappa shape index (κ1) is 11.0. The van der Waals surface area contributed by atoms with E-state index in [1.807, 2.05) is 0 Å². The van der Waals surface area contributed by atoms with Gasteiger partial charge in [0.25, 0.3) is 0 Å². The van der Waals surface area contributed by atoms with E-state index in [2.05, 4.69) is 39.9 Å². The molecule has 0 aliphatic carbocycles. The molecule has 1 N–H and O–H groups in total. The fourth-order valence-electron chi connectivity index (χ4n) is 1.52. The summed E-state index contributed by atoms with van der Waals surface area (Å²) in [5.41, 5.74) is 0.358. The molecule has 1 aliphatic heterocycles. The van der Waals surface area contributed by atoms with Gasteiger partial charge in [-0.1, -0.05) is 27.7 Å². The van der Waals surface area contributed by atoms with Crippen molar-refractivity contribution in [2.45, 2.75) is 52.7 Å². The van der Waals surface area contributed by atoms with Gasteiger partial charge in [0.05, 0.1) is 12.2 Å². The molecule has 2 heteroatoms. The SMILES string of the molecule is CCC1(C)CNC(C(C)(C)C)CO1. The summed E-state index contributed by atoms with van der Waals surface area (Å²) < 4.78 is 5.89. The van der Waals surface area contributed by atoms with Crippen LogP contribution >= 0.6 is 0 Å². The Morgan fingerprint density at radius 3 is 2.38 bits per heavy atom. The Hall–Kier alpha value is -0.0800. The van der Waals surface area contributed by atoms with Gasteiger partial charge in [-0.3, -0.25) is 0 Å². The number of hydrogen-bond donors (Lipinski definition) is 1. The zero-order valence-electron chi connectivity index (χ0n) is 9.61. The summed E-state index contributed by atoms with van der Waals surface area (Å²) in [5.74, 6) is 0. The van der Waals surface area contributed by atoms with Gasteiger partial charge in [0.15, 0.2) is 0 Å². The third-order valence-electron chi connectivity index (χ3n) is 3.11. The molecule has 0 amide bonds. The smallest absolute Gasteiger partial charge is 0.0776 e. The minimum Gasteiger partial charge on any atom is -0.372 e. The van der Waals surface area contributed by atoms with Crippen LogP contribution in [0.1, 0.15) is 41.0 Å². The lowest BCUT2D eigenvalue weighted by molar-refractivity contribution is -0.0887. The van der Waals surface area contributed by atoms with Crippen molar-refractivity contribution in [2.24, 2.45) is 5.41 Å². The topological polar surface area (TPSA) is 21.3 Å². The molecule has 0 radical (unpaired) electrons. The Morgan fingerprint density at radius 2 is 2.08 bits per heavy atom. The van der Waals surface area contributed by atoms with Crippen molar-refractivity contribution in [1.29, 1.82) is 0 Å². The van der Waals surface area contributed by atoms with Crippen LogP contribution in [0, 0.1) is 5.41 Å². The van der Waals surface area contributed by atoms with E-state index in [1.165, 1.54) is 0 Å². The van der Waals surface area contributed by atoms with Gasteiger partial charge in [-0.15, -0.1) is 0 Å². The molecule has 0 saturated carbocycles. The maximum absolute atomic E-state index is 5.89. The van der Waals surface area contributed by atoms with E-state index in [1.54, 1.807) is 0 Å². The summed E-state index contributed by atoms with van der Waals surface area (Å²) in [7, 11) is 0. The van der Waals surface area contributed by atoms with Crippen LogP contribution in [0.4, 0.5) is 0 Å². The quantitative estimate of drug-likeness (QED) is 0.676. The number of morpholine rings is 1. The van der Waals surface area contributed by atoms with Crippen LogP contribution in [0.3, 0.4) is 0 Å². The van der Waals surface area contributed by atoms with Gasteiger partial charge in [0.1, 0.15) is 0 Å². The van der Waals surface area contributed by atoms with Crippen molar-refractivity contribution in [3.05, 3.63) is 0 Å². The van der Waals surface area contributed by atoms with Crippen molar-refractivity contribution < 1.29 is 4.74 Å². The fourth-order valence-corrected chi connectivity index (χ4v) is 1.52. The molecular weight excluding hydrogens is 162 g/mol. The molecule has 0 aromatic carbocycles. The lowest BCUT2D eigenvalue weighted by Crippen LogP contribution is -2.56. The number of ether oxygens (including phenoxy) is 1. The summed E-state index contributed by atoms with van der Waals surface area (Å²) >= 11 is 0.